The highest BCUT2D eigenvalue weighted by Crippen LogP contribution is 2.50. The van der Waals surface area contributed by atoms with Crippen LogP contribution in [0.2, 0.25) is 0 Å². The number of carbonyl (C=O) groups is 2. The molecule has 1 aromatic carbocycles. The van der Waals surface area contributed by atoms with Crippen molar-refractivity contribution >= 4 is 11.6 Å². The zero-order valence-electron chi connectivity index (χ0n) is 13.0. The molecule has 0 bridgehead atoms. The molecule has 0 radical (unpaired) electrons. The Bertz CT molecular complexity index is 513. The summed E-state index contributed by atoms with van der Waals surface area (Å²) in [7, 11) is 0. The van der Waals surface area contributed by atoms with Crippen molar-refractivity contribution < 1.29 is 9.59 Å². The fourth-order valence-electron chi connectivity index (χ4n) is 2.55. The van der Waals surface area contributed by atoms with Crippen molar-refractivity contribution in [3.05, 3.63) is 35.4 Å². The standard InChI is InChI=1S/C18H24O2/c1-13-5-7-14(8-6-13)11-15(19)18(9-10-18)16(20)12-17(2,3)4/h5-8H,9-12H2,1-4H3. The molecule has 2 heteroatoms. The van der Waals surface area contributed by atoms with Crippen LogP contribution in [0.1, 0.15) is 51.2 Å². The second-order valence-electron chi connectivity index (χ2n) is 7.33. The molecule has 2 nitrogen and oxygen atoms in total. The number of benzene rings is 1. The van der Waals surface area contributed by atoms with E-state index in [0.29, 0.717) is 12.8 Å². The summed E-state index contributed by atoms with van der Waals surface area (Å²) in [5.41, 5.74) is 1.50. The molecule has 1 aliphatic rings. The van der Waals surface area contributed by atoms with E-state index in [0.717, 1.165) is 18.4 Å². The monoisotopic (exact) mass is 272 g/mol. The molecule has 1 fully saturated rings. The first-order valence-electron chi connectivity index (χ1n) is 7.35. The van der Waals surface area contributed by atoms with Gasteiger partial charge in [0.05, 0.1) is 5.41 Å². The molecule has 0 amide bonds. The van der Waals surface area contributed by atoms with Crippen molar-refractivity contribution in [2.24, 2.45) is 10.8 Å². The average Bonchev–Trinajstić information content (AvgIpc) is 3.11. The van der Waals surface area contributed by atoms with E-state index < -0.39 is 5.41 Å². The molecule has 0 aliphatic heterocycles. The van der Waals surface area contributed by atoms with Gasteiger partial charge < -0.3 is 0 Å². The summed E-state index contributed by atoms with van der Waals surface area (Å²) < 4.78 is 0. The zero-order chi connectivity index (χ0) is 15.0. The predicted molar refractivity (Wildman–Crippen MR) is 80.6 cm³/mol. The van der Waals surface area contributed by atoms with E-state index in [4.69, 9.17) is 0 Å². The first kappa shape index (κ1) is 15.0. The van der Waals surface area contributed by atoms with Gasteiger partial charge in [0.15, 0.2) is 5.78 Å². The Kier molecular flexibility index (Phi) is 3.86. The SMILES string of the molecule is Cc1ccc(CC(=O)C2(C(=O)CC(C)(C)C)CC2)cc1. The van der Waals surface area contributed by atoms with Gasteiger partial charge in [-0.05, 0) is 30.7 Å². The highest BCUT2D eigenvalue weighted by Gasteiger charge is 2.55. The maximum absolute atomic E-state index is 12.5. The van der Waals surface area contributed by atoms with Crippen LogP contribution in [-0.2, 0) is 16.0 Å². The minimum atomic E-state index is -0.655. The topological polar surface area (TPSA) is 34.1 Å². The minimum Gasteiger partial charge on any atom is -0.299 e. The van der Waals surface area contributed by atoms with Crippen molar-refractivity contribution in [2.75, 3.05) is 0 Å². The van der Waals surface area contributed by atoms with E-state index in [1.807, 2.05) is 52.0 Å². The number of hydrogen-bond acceptors (Lipinski definition) is 2. The van der Waals surface area contributed by atoms with Crippen LogP contribution in [0.3, 0.4) is 0 Å². The molecule has 20 heavy (non-hydrogen) atoms. The maximum atomic E-state index is 12.5. The van der Waals surface area contributed by atoms with Gasteiger partial charge >= 0.3 is 0 Å². The molecule has 1 aliphatic carbocycles. The third-order valence-corrected chi connectivity index (χ3v) is 3.99. The van der Waals surface area contributed by atoms with E-state index in [2.05, 4.69) is 0 Å². The fourth-order valence-corrected chi connectivity index (χ4v) is 2.55. The lowest BCUT2D eigenvalue weighted by Gasteiger charge is -2.21. The molecule has 0 N–H and O–H groups in total. The Morgan fingerprint density at radius 1 is 1.05 bits per heavy atom. The maximum Gasteiger partial charge on any atom is 0.150 e. The zero-order valence-corrected chi connectivity index (χ0v) is 13.0. The van der Waals surface area contributed by atoms with Crippen LogP contribution >= 0.6 is 0 Å². The van der Waals surface area contributed by atoms with Gasteiger partial charge in [-0.1, -0.05) is 50.6 Å². The second kappa shape index (κ2) is 5.16. The average molecular weight is 272 g/mol. The van der Waals surface area contributed by atoms with E-state index in [9.17, 15) is 9.59 Å². The molecule has 2 rings (SSSR count). The summed E-state index contributed by atoms with van der Waals surface area (Å²) in [6.45, 7) is 8.17. The van der Waals surface area contributed by atoms with Gasteiger partial charge in [-0.2, -0.15) is 0 Å². The Balaban J connectivity index is 2.05. The summed E-state index contributed by atoms with van der Waals surface area (Å²) in [6.07, 6.45) is 2.36. The van der Waals surface area contributed by atoms with Crippen LogP contribution in [0.25, 0.3) is 0 Å². The number of Topliss-reactive ketones (excluding diaryl/α,β-unsaturated/α-hetero) is 2. The first-order valence-corrected chi connectivity index (χ1v) is 7.35. The normalized spacial score (nSPS) is 16.8. The highest BCUT2D eigenvalue weighted by molar-refractivity contribution is 6.10. The Morgan fingerprint density at radius 2 is 1.60 bits per heavy atom. The van der Waals surface area contributed by atoms with Crippen LogP contribution in [0, 0.1) is 17.8 Å². The minimum absolute atomic E-state index is 0.0448. The molecule has 0 heterocycles. The van der Waals surface area contributed by atoms with E-state index in [1.54, 1.807) is 0 Å². The van der Waals surface area contributed by atoms with E-state index in [-0.39, 0.29) is 17.0 Å². The predicted octanol–water partition coefficient (Wildman–Crippen LogP) is 3.89. The van der Waals surface area contributed by atoms with Crippen molar-refractivity contribution in [3.63, 3.8) is 0 Å². The summed E-state index contributed by atoms with van der Waals surface area (Å²) >= 11 is 0. The lowest BCUT2D eigenvalue weighted by Crippen LogP contribution is -2.30. The largest absolute Gasteiger partial charge is 0.299 e. The first-order chi connectivity index (χ1) is 9.23. The Hall–Kier alpha value is -1.44. The highest BCUT2D eigenvalue weighted by atomic mass is 16.2. The van der Waals surface area contributed by atoms with Gasteiger partial charge in [0.2, 0.25) is 0 Å². The Morgan fingerprint density at radius 3 is 2.05 bits per heavy atom. The molecule has 0 unspecified atom stereocenters. The molecular weight excluding hydrogens is 248 g/mol. The third-order valence-electron chi connectivity index (χ3n) is 3.99. The van der Waals surface area contributed by atoms with Gasteiger partial charge in [0.25, 0.3) is 0 Å². The van der Waals surface area contributed by atoms with Crippen LogP contribution in [0.4, 0.5) is 0 Å². The lowest BCUT2D eigenvalue weighted by atomic mass is 9.81. The van der Waals surface area contributed by atoms with Crippen molar-refractivity contribution in [1.82, 2.24) is 0 Å². The number of hydrogen-bond donors (Lipinski definition) is 0. The summed E-state index contributed by atoms with van der Waals surface area (Å²) in [5.74, 6) is 0.248. The number of carbonyl (C=O) groups excluding carboxylic acids is 2. The second-order valence-corrected chi connectivity index (χ2v) is 7.33. The molecule has 0 saturated heterocycles. The smallest absolute Gasteiger partial charge is 0.150 e. The van der Waals surface area contributed by atoms with E-state index in [1.165, 1.54) is 5.56 Å². The van der Waals surface area contributed by atoms with Gasteiger partial charge in [0.1, 0.15) is 5.78 Å². The molecule has 0 spiro atoms. The fraction of sp³-hybridized carbons (Fsp3) is 0.556. The molecule has 0 atom stereocenters. The lowest BCUT2D eigenvalue weighted by molar-refractivity contribution is -0.135. The number of aryl methyl sites for hydroxylation is 1. The van der Waals surface area contributed by atoms with Gasteiger partial charge in [-0.3, -0.25) is 9.59 Å². The van der Waals surface area contributed by atoms with Crippen LogP contribution in [-0.4, -0.2) is 11.6 Å². The van der Waals surface area contributed by atoms with Gasteiger partial charge in [-0.25, -0.2) is 0 Å². The molecule has 1 saturated carbocycles. The quantitative estimate of drug-likeness (QED) is 0.762. The molecule has 1 aromatic rings. The van der Waals surface area contributed by atoms with Crippen molar-refractivity contribution in [3.8, 4) is 0 Å². The Labute approximate surface area is 121 Å². The number of ketones is 2. The van der Waals surface area contributed by atoms with Crippen molar-refractivity contribution in [1.29, 1.82) is 0 Å². The number of rotatable bonds is 5. The summed E-state index contributed by atoms with van der Waals surface area (Å²) in [5, 5.41) is 0. The van der Waals surface area contributed by atoms with Crippen LogP contribution < -0.4 is 0 Å². The molecular formula is C18H24O2. The van der Waals surface area contributed by atoms with Gasteiger partial charge in [0, 0.05) is 12.8 Å². The van der Waals surface area contributed by atoms with Crippen molar-refractivity contribution in [2.45, 2.75) is 53.4 Å². The van der Waals surface area contributed by atoms with E-state index >= 15 is 0 Å². The summed E-state index contributed by atoms with van der Waals surface area (Å²) in [6, 6.07) is 7.99. The molecule has 0 aromatic heterocycles. The van der Waals surface area contributed by atoms with Crippen LogP contribution in [0.5, 0.6) is 0 Å². The third kappa shape index (κ3) is 3.36. The van der Waals surface area contributed by atoms with Gasteiger partial charge in [-0.15, -0.1) is 0 Å². The summed E-state index contributed by atoms with van der Waals surface area (Å²) in [4.78, 5) is 24.9. The van der Waals surface area contributed by atoms with Crippen LogP contribution in [0.15, 0.2) is 24.3 Å². The molecule has 108 valence electrons.